The molecule has 0 aliphatic heterocycles. The van der Waals surface area contributed by atoms with Crippen molar-refractivity contribution in [1.29, 1.82) is 0 Å². The smallest absolute Gasteiger partial charge is 0.327 e. The van der Waals surface area contributed by atoms with Crippen molar-refractivity contribution in [2.75, 3.05) is 0 Å². The minimum atomic E-state index is -1.64. The predicted octanol–water partition coefficient (Wildman–Crippen LogP) is 1.61. The van der Waals surface area contributed by atoms with E-state index in [4.69, 9.17) is 10.2 Å². The number of hydrogen-bond acceptors (Lipinski definition) is 8. The number of allylic oxidation sites excluding steroid dienone is 1. The van der Waals surface area contributed by atoms with E-state index in [2.05, 4.69) is 16.1 Å². The van der Waals surface area contributed by atoms with Crippen LogP contribution in [0.1, 0.15) is 57.8 Å². The molecule has 0 aromatic carbocycles. The zero-order chi connectivity index (χ0) is 21.5. The summed E-state index contributed by atoms with van der Waals surface area (Å²) >= 11 is 0. The molecule has 156 valence electrons. The Bertz CT molecular complexity index is 565. The number of hydrogen-bond donors (Lipinski definition) is 2. The molecule has 10 nitrogen and oxygen atoms in total. The summed E-state index contributed by atoms with van der Waals surface area (Å²) in [5, 5.41) is 17.0. The number of ether oxygens (including phenoxy) is 2. The van der Waals surface area contributed by atoms with Gasteiger partial charge in [-0.3, -0.25) is 28.8 Å². The molecule has 0 spiro atoms. The lowest BCUT2D eigenvalue weighted by Crippen LogP contribution is -2.32. The third-order valence-electron chi connectivity index (χ3n) is 3.49. The van der Waals surface area contributed by atoms with Gasteiger partial charge in [-0.25, -0.2) is 0 Å². The monoisotopic (exact) mass is 400 g/mol. The normalized spacial score (nSPS) is 10.2. The topological polar surface area (TPSA) is 161 Å². The Morgan fingerprint density at radius 1 is 0.750 bits per heavy atom. The van der Waals surface area contributed by atoms with Gasteiger partial charge in [0.15, 0.2) is 5.92 Å². The molecule has 0 radical (unpaired) electrons. The van der Waals surface area contributed by atoms with Gasteiger partial charge in [-0.1, -0.05) is 31.8 Å². The van der Waals surface area contributed by atoms with Gasteiger partial charge in [-0.05, 0) is 19.3 Å². The first-order valence-electron chi connectivity index (χ1n) is 8.70. The molecule has 0 atom stereocenters. The zero-order valence-corrected chi connectivity index (χ0v) is 15.4. The highest BCUT2D eigenvalue weighted by atomic mass is 16.6. The van der Waals surface area contributed by atoms with Crippen molar-refractivity contribution in [2.24, 2.45) is 5.92 Å². The van der Waals surface area contributed by atoms with Crippen LogP contribution >= 0.6 is 0 Å². The molecular formula is C18H24O10. The van der Waals surface area contributed by atoms with Crippen LogP contribution in [-0.4, -0.2) is 46.0 Å². The second-order valence-electron chi connectivity index (χ2n) is 5.91. The van der Waals surface area contributed by atoms with Crippen LogP contribution in [0.25, 0.3) is 0 Å². The van der Waals surface area contributed by atoms with Crippen LogP contribution in [0.4, 0.5) is 0 Å². The van der Waals surface area contributed by atoms with E-state index in [9.17, 15) is 28.8 Å². The maximum absolute atomic E-state index is 12.0. The number of unbranched alkanes of at least 4 members (excludes halogenated alkanes) is 5. The number of carboxylic acid groups (broad SMARTS) is 2. The highest BCUT2D eigenvalue weighted by Gasteiger charge is 2.33. The van der Waals surface area contributed by atoms with Crippen LogP contribution in [0.5, 0.6) is 0 Å². The molecule has 0 fully saturated rings. The Hall–Kier alpha value is -3.04. The highest BCUT2D eigenvalue weighted by molar-refractivity contribution is 6.05. The summed E-state index contributed by atoms with van der Waals surface area (Å²) in [6, 6.07) is 0. The minimum absolute atomic E-state index is 0.0974. The lowest BCUT2D eigenvalue weighted by atomic mass is 10.00. The molecule has 0 heterocycles. The number of aliphatic carboxylic acids is 2. The van der Waals surface area contributed by atoms with E-state index in [-0.39, 0.29) is 6.42 Å². The van der Waals surface area contributed by atoms with Crippen molar-refractivity contribution >= 4 is 35.8 Å². The lowest BCUT2D eigenvalue weighted by molar-refractivity contribution is -0.171. The number of carboxylic acids is 2. The van der Waals surface area contributed by atoms with Crippen LogP contribution in [0.2, 0.25) is 0 Å². The Morgan fingerprint density at radius 2 is 1.18 bits per heavy atom. The molecule has 10 heteroatoms. The fourth-order valence-electron chi connectivity index (χ4n) is 2.19. The number of rotatable bonds is 14. The molecular weight excluding hydrogens is 376 g/mol. The molecule has 0 bridgehead atoms. The highest BCUT2D eigenvalue weighted by Crippen LogP contribution is 2.16. The summed E-state index contributed by atoms with van der Waals surface area (Å²) in [7, 11) is 0. The van der Waals surface area contributed by atoms with Gasteiger partial charge in [0.25, 0.3) is 0 Å². The SMILES string of the molecule is C=CCCCCCCCC(C(=O)OC(=O)CC(=O)O)C(=O)OC(=O)CC(=O)O. The first-order valence-corrected chi connectivity index (χ1v) is 8.70. The summed E-state index contributed by atoms with van der Waals surface area (Å²) in [6.45, 7) is 3.61. The van der Waals surface area contributed by atoms with Crippen LogP contribution in [0, 0.1) is 5.92 Å². The standard InChI is InChI=1S/C18H24O10/c1-2-3-4-5-6-7-8-9-12(17(25)27-15(23)10-13(19)20)18(26)28-16(24)11-14(21)22/h2,12H,1,3-11H2,(H,19,20)(H,21,22). The van der Waals surface area contributed by atoms with Crippen molar-refractivity contribution in [3.05, 3.63) is 12.7 Å². The van der Waals surface area contributed by atoms with Crippen molar-refractivity contribution in [2.45, 2.75) is 57.8 Å². The van der Waals surface area contributed by atoms with Crippen LogP contribution < -0.4 is 0 Å². The lowest BCUT2D eigenvalue weighted by Gasteiger charge is -2.13. The van der Waals surface area contributed by atoms with Gasteiger partial charge >= 0.3 is 35.8 Å². The maximum atomic E-state index is 12.0. The fourth-order valence-corrected chi connectivity index (χ4v) is 2.19. The van der Waals surface area contributed by atoms with Gasteiger partial charge in [0, 0.05) is 0 Å². The van der Waals surface area contributed by atoms with Crippen molar-refractivity contribution in [3.8, 4) is 0 Å². The molecule has 0 rings (SSSR count). The largest absolute Gasteiger partial charge is 0.481 e. The summed E-state index contributed by atoms with van der Waals surface area (Å²) in [5.74, 6) is -10.1. The third kappa shape index (κ3) is 12.3. The van der Waals surface area contributed by atoms with Crippen LogP contribution in [0.15, 0.2) is 12.7 Å². The average Bonchev–Trinajstić information content (AvgIpc) is 2.55. The number of carbonyl (C=O) groups excluding carboxylic acids is 4. The van der Waals surface area contributed by atoms with E-state index in [0.717, 1.165) is 25.7 Å². The fraction of sp³-hybridized carbons (Fsp3) is 0.556. The second-order valence-corrected chi connectivity index (χ2v) is 5.91. The molecule has 2 N–H and O–H groups in total. The van der Waals surface area contributed by atoms with Crippen LogP contribution in [-0.2, 0) is 38.2 Å². The Morgan fingerprint density at radius 3 is 1.61 bits per heavy atom. The summed E-state index contributed by atoms with van der Waals surface area (Å²) in [6.07, 6.45) is 4.14. The summed E-state index contributed by atoms with van der Waals surface area (Å²) < 4.78 is 8.64. The first-order chi connectivity index (χ1) is 13.2. The zero-order valence-electron chi connectivity index (χ0n) is 15.4. The summed E-state index contributed by atoms with van der Waals surface area (Å²) in [5.41, 5.74) is 0. The summed E-state index contributed by atoms with van der Waals surface area (Å²) in [4.78, 5) is 67.5. The van der Waals surface area contributed by atoms with E-state index in [1.54, 1.807) is 6.08 Å². The van der Waals surface area contributed by atoms with E-state index >= 15 is 0 Å². The van der Waals surface area contributed by atoms with Gasteiger partial charge in [-0.15, -0.1) is 6.58 Å². The van der Waals surface area contributed by atoms with E-state index in [1.807, 2.05) is 0 Å². The molecule has 0 aliphatic rings. The van der Waals surface area contributed by atoms with Crippen LogP contribution in [0.3, 0.4) is 0 Å². The Labute approximate surface area is 161 Å². The first kappa shape index (κ1) is 25.0. The number of carbonyl (C=O) groups is 6. The average molecular weight is 400 g/mol. The minimum Gasteiger partial charge on any atom is -0.481 e. The Balaban J connectivity index is 4.77. The van der Waals surface area contributed by atoms with Crippen molar-refractivity contribution in [3.63, 3.8) is 0 Å². The van der Waals surface area contributed by atoms with E-state index < -0.39 is 54.6 Å². The number of esters is 4. The van der Waals surface area contributed by atoms with Crippen molar-refractivity contribution < 1.29 is 48.5 Å². The molecule has 0 unspecified atom stereocenters. The van der Waals surface area contributed by atoms with Gasteiger partial charge in [0.2, 0.25) is 0 Å². The molecule has 0 saturated carbocycles. The van der Waals surface area contributed by atoms with Gasteiger partial charge < -0.3 is 19.7 Å². The van der Waals surface area contributed by atoms with Gasteiger partial charge in [0.05, 0.1) is 0 Å². The van der Waals surface area contributed by atoms with Crippen molar-refractivity contribution in [1.82, 2.24) is 0 Å². The van der Waals surface area contributed by atoms with E-state index in [1.165, 1.54) is 0 Å². The molecule has 0 saturated heterocycles. The van der Waals surface area contributed by atoms with Gasteiger partial charge in [0.1, 0.15) is 12.8 Å². The third-order valence-corrected chi connectivity index (χ3v) is 3.49. The quantitative estimate of drug-likeness (QED) is 0.190. The van der Waals surface area contributed by atoms with Gasteiger partial charge in [-0.2, -0.15) is 0 Å². The molecule has 28 heavy (non-hydrogen) atoms. The molecule has 0 aromatic rings. The molecule has 0 aliphatic carbocycles. The maximum Gasteiger partial charge on any atom is 0.327 e. The van der Waals surface area contributed by atoms with E-state index in [0.29, 0.717) is 12.8 Å². The predicted molar refractivity (Wildman–Crippen MR) is 92.7 cm³/mol. The Kier molecular flexibility index (Phi) is 12.5. The molecule has 0 aromatic heterocycles. The molecule has 0 amide bonds. The second kappa shape index (κ2) is 14.1.